The van der Waals surface area contributed by atoms with Crippen molar-refractivity contribution in [2.75, 3.05) is 13.8 Å². The molecule has 1 aliphatic rings. The van der Waals surface area contributed by atoms with E-state index in [1.807, 2.05) is 42.5 Å². The Hall–Kier alpha value is -2.05. The number of nitrogens with zero attached hydrogens (tertiary/aromatic N) is 1. The Morgan fingerprint density at radius 1 is 1.00 bits per heavy atom. The van der Waals surface area contributed by atoms with Crippen molar-refractivity contribution in [2.24, 2.45) is 0 Å². The Morgan fingerprint density at radius 3 is 2.50 bits per heavy atom. The average molecular weight is 319 g/mol. The molecule has 2 aromatic carbocycles. The standard InChI is InChI=1S/C16H17NO4S/c1-17(22(18,19)11-13-5-3-2-4-6-13)10-14-7-8-15-16(9-14)21-12-20-15/h2-9H,10-12H2,1H3. The van der Waals surface area contributed by atoms with Crippen LogP contribution in [0.1, 0.15) is 11.1 Å². The van der Waals surface area contributed by atoms with Crippen molar-refractivity contribution in [3.63, 3.8) is 0 Å². The highest BCUT2D eigenvalue weighted by Gasteiger charge is 2.20. The zero-order valence-electron chi connectivity index (χ0n) is 12.2. The molecule has 1 heterocycles. The molecule has 0 spiro atoms. The Morgan fingerprint density at radius 2 is 1.73 bits per heavy atom. The van der Waals surface area contributed by atoms with Crippen LogP contribution in [-0.2, 0) is 22.3 Å². The average Bonchev–Trinajstić information content (AvgIpc) is 2.95. The predicted octanol–water partition coefficient (Wildman–Crippen LogP) is 2.38. The lowest BCUT2D eigenvalue weighted by molar-refractivity contribution is 0.174. The molecule has 22 heavy (non-hydrogen) atoms. The number of rotatable bonds is 5. The topological polar surface area (TPSA) is 55.8 Å². The third-order valence-electron chi connectivity index (χ3n) is 3.51. The summed E-state index contributed by atoms with van der Waals surface area (Å²) in [6.45, 7) is 0.507. The molecule has 3 rings (SSSR count). The molecule has 0 radical (unpaired) electrons. The van der Waals surface area contributed by atoms with Crippen LogP contribution in [0.5, 0.6) is 11.5 Å². The quantitative estimate of drug-likeness (QED) is 0.849. The van der Waals surface area contributed by atoms with Crippen molar-refractivity contribution in [2.45, 2.75) is 12.3 Å². The lowest BCUT2D eigenvalue weighted by Gasteiger charge is -2.17. The lowest BCUT2D eigenvalue weighted by atomic mass is 10.2. The van der Waals surface area contributed by atoms with E-state index < -0.39 is 10.0 Å². The molecule has 0 N–H and O–H groups in total. The number of hydrogen-bond acceptors (Lipinski definition) is 4. The van der Waals surface area contributed by atoms with Gasteiger partial charge in [0.15, 0.2) is 11.5 Å². The molecule has 5 nitrogen and oxygen atoms in total. The number of ether oxygens (including phenoxy) is 2. The lowest BCUT2D eigenvalue weighted by Crippen LogP contribution is -2.27. The van der Waals surface area contributed by atoms with Gasteiger partial charge in [-0.25, -0.2) is 12.7 Å². The molecule has 0 unspecified atom stereocenters. The first-order chi connectivity index (χ1) is 10.5. The van der Waals surface area contributed by atoms with Gasteiger partial charge in [0.2, 0.25) is 16.8 Å². The maximum absolute atomic E-state index is 12.4. The zero-order chi connectivity index (χ0) is 15.6. The van der Waals surface area contributed by atoms with Crippen LogP contribution in [0.15, 0.2) is 48.5 Å². The smallest absolute Gasteiger partial charge is 0.231 e. The van der Waals surface area contributed by atoms with Gasteiger partial charge in [0, 0.05) is 13.6 Å². The maximum Gasteiger partial charge on any atom is 0.231 e. The number of fused-ring (bicyclic) bond motifs is 1. The van der Waals surface area contributed by atoms with Crippen LogP contribution in [0, 0.1) is 0 Å². The van der Waals surface area contributed by atoms with Crippen molar-refractivity contribution in [3.8, 4) is 11.5 Å². The molecule has 1 aliphatic heterocycles. The van der Waals surface area contributed by atoms with Crippen LogP contribution >= 0.6 is 0 Å². The molecule has 6 heteroatoms. The summed E-state index contributed by atoms with van der Waals surface area (Å²) in [4.78, 5) is 0. The van der Waals surface area contributed by atoms with E-state index in [0.717, 1.165) is 11.1 Å². The minimum absolute atomic E-state index is 0.00507. The molecule has 0 atom stereocenters. The van der Waals surface area contributed by atoms with Gasteiger partial charge in [0.05, 0.1) is 5.75 Å². The number of sulfonamides is 1. The molecular formula is C16H17NO4S. The van der Waals surface area contributed by atoms with E-state index in [4.69, 9.17) is 9.47 Å². The molecule has 0 amide bonds. The molecule has 0 aromatic heterocycles. The predicted molar refractivity (Wildman–Crippen MR) is 83.1 cm³/mol. The first-order valence-corrected chi connectivity index (χ1v) is 8.52. The summed E-state index contributed by atoms with van der Waals surface area (Å²) in [7, 11) is -1.78. The SMILES string of the molecule is CN(Cc1ccc2c(c1)OCO2)S(=O)(=O)Cc1ccccc1. The highest BCUT2D eigenvalue weighted by Crippen LogP contribution is 2.32. The Bertz CT molecular complexity index is 759. The van der Waals surface area contributed by atoms with Gasteiger partial charge >= 0.3 is 0 Å². The maximum atomic E-state index is 12.4. The van der Waals surface area contributed by atoms with E-state index in [0.29, 0.717) is 18.0 Å². The van der Waals surface area contributed by atoms with Gasteiger partial charge in [-0.2, -0.15) is 0 Å². The third kappa shape index (κ3) is 3.23. The number of benzene rings is 2. The highest BCUT2D eigenvalue weighted by molar-refractivity contribution is 7.88. The van der Waals surface area contributed by atoms with Crippen molar-refractivity contribution in [3.05, 3.63) is 59.7 Å². The second kappa shape index (κ2) is 5.98. The number of hydrogen-bond donors (Lipinski definition) is 0. The van der Waals surface area contributed by atoms with Crippen LogP contribution in [0.25, 0.3) is 0 Å². The van der Waals surface area contributed by atoms with Crippen LogP contribution in [0.2, 0.25) is 0 Å². The van der Waals surface area contributed by atoms with E-state index in [1.54, 1.807) is 13.1 Å². The Labute approximate surface area is 130 Å². The van der Waals surface area contributed by atoms with Gasteiger partial charge in [0.25, 0.3) is 0 Å². The van der Waals surface area contributed by atoms with Gasteiger partial charge in [-0.15, -0.1) is 0 Å². The van der Waals surface area contributed by atoms with E-state index in [1.165, 1.54) is 4.31 Å². The van der Waals surface area contributed by atoms with E-state index in [9.17, 15) is 8.42 Å². The molecule has 0 saturated carbocycles. The van der Waals surface area contributed by atoms with Gasteiger partial charge < -0.3 is 9.47 Å². The minimum atomic E-state index is -3.36. The first kappa shape index (κ1) is 14.9. The zero-order valence-corrected chi connectivity index (χ0v) is 13.0. The van der Waals surface area contributed by atoms with E-state index in [2.05, 4.69) is 0 Å². The normalized spacial score (nSPS) is 13.5. The highest BCUT2D eigenvalue weighted by atomic mass is 32.2. The van der Waals surface area contributed by atoms with E-state index >= 15 is 0 Å². The van der Waals surface area contributed by atoms with Crippen LogP contribution in [-0.4, -0.2) is 26.6 Å². The molecule has 0 fully saturated rings. The second-order valence-electron chi connectivity index (χ2n) is 5.19. The first-order valence-electron chi connectivity index (χ1n) is 6.91. The molecule has 0 saturated heterocycles. The Kier molecular flexibility index (Phi) is 4.04. The molecular weight excluding hydrogens is 302 g/mol. The summed E-state index contributed by atoms with van der Waals surface area (Å²) in [6.07, 6.45) is 0. The van der Waals surface area contributed by atoms with Crippen LogP contribution in [0.4, 0.5) is 0 Å². The fraction of sp³-hybridized carbons (Fsp3) is 0.250. The summed E-state index contributed by atoms with van der Waals surface area (Å²) in [5, 5.41) is 0. The minimum Gasteiger partial charge on any atom is -0.454 e. The summed E-state index contributed by atoms with van der Waals surface area (Å²) in [5.41, 5.74) is 1.64. The molecule has 116 valence electrons. The van der Waals surface area contributed by atoms with Crippen molar-refractivity contribution in [1.82, 2.24) is 4.31 Å². The second-order valence-corrected chi connectivity index (χ2v) is 7.26. The third-order valence-corrected chi connectivity index (χ3v) is 5.29. The van der Waals surface area contributed by atoms with Crippen molar-refractivity contribution < 1.29 is 17.9 Å². The van der Waals surface area contributed by atoms with Crippen molar-refractivity contribution >= 4 is 10.0 Å². The van der Waals surface area contributed by atoms with Crippen molar-refractivity contribution in [1.29, 1.82) is 0 Å². The van der Waals surface area contributed by atoms with Crippen LogP contribution in [0.3, 0.4) is 0 Å². The van der Waals surface area contributed by atoms with Gasteiger partial charge in [0.1, 0.15) is 0 Å². The van der Waals surface area contributed by atoms with Gasteiger partial charge in [-0.3, -0.25) is 0 Å². The van der Waals surface area contributed by atoms with Gasteiger partial charge in [-0.1, -0.05) is 36.4 Å². The molecule has 0 bridgehead atoms. The van der Waals surface area contributed by atoms with Gasteiger partial charge in [-0.05, 0) is 23.3 Å². The molecule has 0 aliphatic carbocycles. The monoisotopic (exact) mass is 319 g/mol. The summed E-state index contributed by atoms with van der Waals surface area (Å²) >= 11 is 0. The Balaban J connectivity index is 1.72. The molecule has 2 aromatic rings. The van der Waals surface area contributed by atoms with Crippen LogP contribution < -0.4 is 9.47 Å². The largest absolute Gasteiger partial charge is 0.454 e. The summed E-state index contributed by atoms with van der Waals surface area (Å²) in [5.74, 6) is 1.35. The summed E-state index contributed by atoms with van der Waals surface area (Å²) in [6, 6.07) is 14.6. The fourth-order valence-corrected chi connectivity index (χ4v) is 3.47. The summed E-state index contributed by atoms with van der Waals surface area (Å²) < 4.78 is 36.7. The van der Waals surface area contributed by atoms with E-state index in [-0.39, 0.29) is 12.5 Å². The fourth-order valence-electron chi connectivity index (χ4n) is 2.29.